The largest absolute Gasteiger partial charge is 0.325 e. The van der Waals surface area contributed by atoms with E-state index in [1.165, 1.54) is 0 Å². The van der Waals surface area contributed by atoms with Crippen LogP contribution in [0.15, 0.2) is 18.2 Å². The summed E-state index contributed by atoms with van der Waals surface area (Å²) in [5, 5.41) is 3.79. The summed E-state index contributed by atoms with van der Waals surface area (Å²) in [5.41, 5.74) is 7.13. The van der Waals surface area contributed by atoms with E-state index in [0.717, 1.165) is 18.5 Å². The zero-order valence-corrected chi connectivity index (χ0v) is 11.3. The SMILES string of the molecule is NCc1cccc2nc(C3CCCCS3(=O)=O)nn12. The number of hydrogen-bond donors (Lipinski definition) is 1. The lowest BCUT2D eigenvalue weighted by Crippen LogP contribution is -2.22. The number of pyridine rings is 1. The molecule has 3 rings (SSSR count). The van der Waals surface area contributed by atoms with E-state index in [4.69, 9.17) is 5.73 Å². The van der Waals surface area contributed by atoms with Crippen LogP contribution in [0.5, 0.6) is 0 Å². The molecule has 1 saturated heterocycles. The van der Waals surface area contributed by atoms with Gasteiger partial charge in [-0.1, -0.05) is 12.5 Å². The van der Waals surface area contributed by atoms with Crippen molar-refractivity contribution in [1.82, 2.24) is 14.6 Å². The first-order valence-electron chi connectivity index (χ1n) is 6.38. The highest BCUT2D eigenvalue weighted by atomic mass is 32.2. The van der Waals surface area contributed by atoms with Crippen LogP contribution in [0.2, 0.25) is 0 Å². The molecule has 0 spiro atoms. The third kappa shape index (κ3) is 2.12. The van der Waals surface area contributed by atoms with Gasteiger partial charge in [-0.25, -0.2) is 17.9 Å². The van der Waals surface area contributed by atoms with Crippen molar-refractivity contribution in [3.8, 4) is 0 Å². The van der Waals surface area contributed by atoms with Gasteiger partial charge >= 0.3 is 0 Å². The molecule has 2 N–H and O–H groups in total. The minimum Gasteiger partial charge on any atom is -0.325 e. The smallest absolute Gasteiger partial charge is 0.169 e. The average molecular weight is 280 g/mol. The molecule has 1 atom stereocenters. The van der Waals surface area contributed by atoms with Gasteiger partial charge in [0.15, 0.2) is 21.3 Å². The first kappa shape index (κ1) is 12.6. The summed E-state index contributed by atoms with van der Waals surface area (Å²) in [7, 11) is -3.11. The Morgan fingerprint density at radius 1 is 1.37 bits per heavy atom. The fourth-order valence-electron chi connectivity index (χ4n) is 2.51. The van der Waals surface area contributed by atoms with Crippen molar-refractivity contribution in [1.29, 1.82) is 0 Å². The van der Waals surface area contributed by atoms with E-state index in [-0.39, 0.29) is 5.75 Å². The molecule has 1 aliphatic rings. The lowest BCUT2D eigenvalue weighted by Gasteiger charge is -2.19. The van der Waals surface area contributed by atoms with Crippen molar-refractivity contribution >= 4 is 15.5 Å². The predicted octanol–water partition coefficient (Wildman–Crippen LogP) is 0.828. The number of aromatic nitrogens is 3. The van der Waals surface area contributed by atoms with Gasteiger partial charge in [-0.3, -0.25) is 0 Å². The van der Waals surface area contributed by atoms with Crippen LogP contribution < -0.4 is 5.73 Å². The third-order valence-corrected chi connectivity index (χ3v) is 5.70. The zero-order valence-electron chi connectivity index (χ0n) is 10.5. The first-order chi connectivity index (χ1) is 9.12. The van der Waals surface area contributed by atoms with Gasteiger partial charge in [0.2, 0.25) is 0 Å². The summed E-state index contributed by atoms with van der Waals surface area (Å²) in [5.74, 6) is 0.636. The third-order valence-electron chi connectivity index (χ3n) is 3.53. The maximum Gasteiger partial charge on any atom is 0.169 e. The van der Waals surface area contributed by atoms with E-state index in [1.54, 1.807) is 4.52 Å². The molecule has 0 saturated carbocycles. The molecule has 102 valence electrons. The van der Waals surface area contributed by atoms with Crippen molar-refractivity contribution < 1.29 is 8.42 Å². The first-order valence-corrected chi connectivity index (χ1v) is 8.09. The monoisotopic (exact) mass is 280 g/mol. The van der Waals surface area contributed by atoms with Crippen LogP contribution >= 0.6 is 0 Å². The number of nitrogens with two attached hydrogens (primary N) is 1. The van der Waals surface area contributed by atoms with Crippen LogP contribution in [0.3, 0.4) is 0 Å². The molecule has 1 unspecified atom stereocenters. The summed E-state index contributed by atoms with van der Waals surface area (Å²) in [6.45, 7) is 0.345. The maximum atomic E-state index is 12.1. The van der Waals surface area contributed by atoms with E-state index in [9.17, 15) is 8.42 Å². The molecular formula is C12H16N4O2S. The normalized spacial score (nSPS) is 22.7. The second-order valence-corrected chi connectivity index (χ2v) is 7.12. The highest BCUT2D eigenvalue weighted by Crippen LogP contribution is 2.31. The zero-order chi connectivity index (χ0) is 13.5. The summed E-state index contributed by atoms with van der Waals surface area (Å²) in [4.78, 5) is 4.36. The van der Waals surface area contributed by atoms with Gasteiger partial charge in [-0.05, 0) is 25.0 Å². The van der Waals surface area contributed by atoms with Gasteiger partial charge in [-0.2, -0.15) is 0 Å². The van der Waals surface area contributed by atoms with Crippen LogP contribution in [0.1, 0.15) is 36.0 Å². The molecular weight excluding hydrogens is 264 g/mol. The Kier molecular flexibility index (Phi) is 3.02. The molecule has 0 bridgehead atoms. The molecule has 2 aromatic heterocycles. The van der Waals surface area contributed by atoms with Crippen LogP contribution in [0, 0.1) is 0 Å². The lowest BCUT2D eigenvalue weighted by atomic mass is 10.2. The molecule has 0 aliphatic carbocycles. The van der Waals surface area contributed by atoms with Gasteiger partial charge in [0.1, 0.15) is 5.25 Å². The lowest BCUT2D eigenvalue weighted by molar-refractivity contribution is 0.538. The van der Waals surface area contributed by atoms with Crippen LogP contribution in [0.4, 0.5) is 0 Å². The van der Waals surface area contributed by atoms with Crippen molar-refractivity contribution in [3.63, 3.8) is 0 Å². The number of sulfone groups is 1. The summed E-state index contributed by atoms with van der Waals surface area (Å²) in [6, 6.07) is 5.53. The number of rotatable bonds is 2. The average Bonchev–Trinajstić information content (AvgIpc) is 2.81. The minimum absolute atomic E-state index is 0.233. The van der Waals surface area contributed by atoms with E-state index in [1.807, 2.05) is 18.2 Å². The molecule has 0 amide bonds. The van der Waals surface area contributed by atoms with Crippen molar-refractivity contribution in [2.24, 2.45) is 5.73 Å². The van der Waals surface area contributed by atoms with Gasteiger partial charge < -0.3 is 5.73 Å². The van der Waals surface area contributed by atoms with Crippen LogP contribution in [-0.2, 0) is 16.4 Å². The quantitative estimate of drug-likeness (QED) is 0.879. The Labute approximate surface area is 111 Å². The Hall–Kier alpha value is -1.47. The van der Waals surface area contributed by atoms with Gasteiger partial charge in [-0.15, -0.1) is 5.10 Å². The Morgan fingerprint density at radius 2 is 2.21 bits per heavy atom. The van der Waals surface area contributed by atoms with E-state index < -0.39 is 15.1 Å². The second-order valence-electron chi connectivity index (χ2n) is 4.81. The molecule has 19 heavy (non-hydrogen) atoms. The fraction of sp³-hybridized carbons (Fsp3) is 0.500. The van der Waals surface area contributed by atoms with Gasteiger partial charge in [0, 0.05) is 6.54 Å². The van der Waals surface area contributed by atoms with E-state index >= 15 is 0 Å². The van der Waals surface area contributed by atoms with Crippen LogP contribution in [0.25, 0.3) is 5.65 Å². The number of nitrogens with zero attached hydrogens (tertiary/aromatic N) is 3. The highest BCUT2D eigenvalue weighted by Gasteiger charge is 2.33. The topological polar surface area (TPSA) is 90.3 Å². The Bertz CT molecular complexity index is 708. The molecule has 0 aromatic carbocycles. The number of fused-ring (bicyclic) bond motifs is 1. The van der Waals surface area contributed by atoms with Crippen molar-refractivity contribution in [2.75, 3.05) is 5.75 Å². The summed E-state index contributed by atoms with van der Waals surface area (Å²) < 4.78 is 25.8. The highest BCUT2D eigenvalue weighted by molar-refractivity contribution is 7.91. The van der Waals surface area contributed by atoms with E-state index in [2.05, 4.69) is 10.1 Å². The molecule has 6 nitrogen and oxygen atoms in total. The van der Waals surface area contributed by atoms with Crippen molar-refractivity contribution in [3.05, 3.63) is 29.7 Å². The maximum absolute atomic E-state index is 12.1. The molecule has 1 aliphatic heterocycles. The Balaban J connectivity index is 2.11. The molecule has 2 aromatic rings. The molecule has 3 heterocycles. The molecule has 0 radical (unpaired) electrons. The minimum atomic E-state index is -3.11. The molecule has 7 heteroatoms. The van der Waals surface area contributed by atoms with E-state index in [0.29, 0.717) is 24.4 Å². The number of hydrogen-bond acceptors (Lipinski definition) is 5. The Morgan fingerprint density at radius 3 is 2.95 bits per heavy atom. The van der Waals surface area contributed by atoms with Gasteiger partial charge in [0.25, 0.3) is 0 Å². The standard InChI is InChI=1S/C12H16N4O2S/c13-8-9-4-3-6-11-14-12(15-16(9)11)10-5-1-2-7-19(10,17)18/h3-4,6,10H,1-2,5,7-8,13H2. The summed E-state index contributed by atoms with van der Waals surface area (Å²) in [6.07, 6.45) is 2.25. The molecule has 1 fully saturated rings. The van der Waals surface area contributed by atoms with Crippen LogP contribution in [-0.4, -0.2) is 28.8 Å². The predicted molar refractivity (Wildman–Crippen MR) is 71.3 cm³/mol. The second kappa shape index (κ2) is 4.57. The van der Waals surface area contributed by atoms with Crippen molar-refractivity contribution in [2.45, 2.75) is 31.1 Å². The van der Waals surface area contributed by atoms with Gasteiger partial charge in [0.05, 0.1) is 11.4 Å². The summed E-state index contributed by atoms with van der Waals surface area (Å²) >= 11 is 0. The fourth-order valence-corrected chi connectivity index (χ4v) is 4.35.